The van der Waals surface area contributed by atoms with Crippen molar-refractivity contribution in [2.24, 2.45) is 5.41 Å². The molecule has 3 heteroatoms. The Labute approximate surface area is 83.1 Å². The van der Waals surface area contributed by atoms with Crippen molar-refractivity contribution >= 4 is 5.97 Å². The molecule has 0 radical (unpaired) electrons. The van der Waals surface area contributed by atoms with Gasteiger partial charge in [0.25, 0.3) is 0 Å². The number of rotatable bonds is 4. The van der Waals surface area contributed by atoms with Gasteiger partial charge < -0.3 is 5.11 Å². The largest absolute Gasteiger partial charge is 0.481 e. The number of pyridine rings is 1. The molecule has 1 aromatic heterocycles. The molecule has 0 spiro atoms. The van der Waals surface area contributed by atoms with Crippen LogP contribution in [0.2, 0.25) is 0 Å². The van der Waals surface area contributed by atoms with Gasteiger partial charge in [-0.1, -0.05) is 12.1 Å². The van der Waals surface area contributed by atoms with Crippen molar-refractivity contribution in [3.8, 4) is 0 Å². The Morgan fingerprint density at radius 1 is 1.79 bits per heavy atom. The standard InChI is InChI=1S/C11H13NO2/c1-3-11(2,10(13)14)7-9-5-4-6-12-8-9/h3-6,8H,1,7H2,2H3,(H,13,14). The van der Waals surface area contributed by atoms with Crippen LogP contribution < -0.4 is 0 Å². The van der Waals surface area contributed by atoms with Gasteiger partial charge in [-0.05, 0) is 25.0 Å². The zero-order chi connectivity index (χ0) is 10.6. The lowest BCUT2D eigenvalue weighted by atomic mass is 9.84. The summed E-state index contributed by atoms with van der Waals surface area (Å²) >= 11 is 0. The summed E-state index contributed by atoms with van der Waals surface area (Å²) in [6, 6.07) is 3.65. The van der Waals surface area contributed by atoms with Gasteiger partial charge in [0.15, 0.2) is 0 Å². The molecule has 0 aliphatic heterocycles. The third kappa shape index (κ3) is 2.19. The molecule has 0 amide bonds. The van der Waals surface area contributed by atoms with Crippen molar-refractivity contribution in [3.05, 3.63) is 42.7 Å². The first-order chi connectivity index (χ1) is 6.58. The molecular weight excluding hydrogens is 178 g/mol. The Bertz CT molecular complexity index is 334. The predicted molar refractivity (Wildman–Crippen MR) is 53.9 cm³/mol. The van der Waals surface area contributed by atoms with Crippen molar-refractivity contribution in [1.29, 1.82) is 0 Å². The minimum Gasteiger partial charge on any atom is -0.481 e. The highest BCUT2D eigenvalue weighted by atomic mass is 16.4. The summed E-state index contributed by atoms with van der Waals surface area (Å²) in [6.07, 6.45) is 5.21. The molecule has 1 atom stereocenters. The maximum atomic E-state index is 11.0. The minimum atomic E-state index is -0.914. The van der Waals surface area contributed by atoms with Gasteiger partial charge >= 0.3 is 5.97 Å². The molecular formula is C11H13NO2. The number of hydrogen-bond donors (Lipinski definition) is 1. The number of hydrogen-bond acceptors (Lipinski definition) is 2. The average Bonchev–Trinajstić information content (AvgIpc) is 2.19. The van der Waals surface area contributed by atoms with Crippen molar-refractivity contribution in [2.75, 3.05) is 0 Å². The van der Waals surface area contributed by atoms with Crippen LogP contribution in [0.15, 0.2) is 37.2 Å². The van der Waals surface area contributed by atoms with E-state index in [4.69, 9.17) is 5.11 Å². The van der Waals surface area contributed by atoms with E-state index in [2.05, 4.69) is 11.6 Å². The Hall–Kier alpha value is -1.64. The number of carboxylic acids is 1. The van der Waals surface area contributed by atoms with E-state index in [1.807, 2.05) is 6.07 Å². The summed E-state index contributed by atoms with van der Waals surface area (Å²) < 4.78 is 0. The Morgan fingerprint density at radius 3 is 2.93 bits per heavy atom. The number of nitrogens with zero attached hydrogens (tertiary/aromatic N) is 1. The molecule has 1 N–H and O–H groups in total. The van der Waals surface area contributed by atoms with E-state index in [0.717, 1.165) is 5.56 Å². The molecule has 74 valence electrons. The Balaban J connectivity index is 2.86. The first kappa shape index (κ1) is 10.4. The van der Waals surface area contributed by atoms with E-state index in [1.165, 1.54) is 6.08 Å². The summed E-state index contributed by atoms with van der Waals surface area (Å²) in [4.78, 5) is 14.9. The van der Waals surface area contributed by atoms with Crippen LogP contribution in [0.5, 0.6) is 0 Å². The highest BCUT2D eigenvalue weighted by Crippen LogP contribution is 2.23. The molecule has 0 saturated heterocycles. The van der Waals surface area contributed by atoms with E-state index < -0.39 is 11.4 Å². The molecule has 1 aromatic rings. The van der Waals surface area contributed by atoms with Crippen molar-refractivity contribution in [1.82, 2.24) is 4.98 Å². The van der Waals surface area contributed by atoms with Gasteiger partial charge in [0.2, 0.25) is 0 Å². The van der Waals surface area contributed by atoms with Crippen LogP contribution in [0.1, 0.15) is 12.5 Å². The third-order valence-electron chi connectivity index (χ3n) is 2.23. The molecule has 0 saturated carbocycles. The number of aromatic nitrogens is 1. The van der Waals surface area contributed by atoms with Crippen LogP contribution in [0.3, 0.4) is 0 Å². The quantitative estimate of drug-likeness (QED) is 0.739. The summed E-state index contributed by atoms with van der Waals surface area (Å²) in [5, 5.41) is 9.00. The lowest BCUT2D eigenvalue weighted by molar-refractivity contribution is -0.145. The number of aliphatic carboxylic acids is 1. The zero-order valence-corrected chi connectivity index (χ0v) is 8.10. The molecule has 3 nitrogen and oxygen atoms in total. The number of carbonyl (C=O) groups is 1. The fourth-order valence-electron chi connectivity index (χ4n) is 1.16. The molecule has 0 bridgehead atoms. The Morgan fingerprint density at radius 2 is 2.50 bits per heavy atom. The highest BCUT2D eigenvalue weighted by Gasteiger charge is 2.29. The van der Waals surface area contributed by atoms with Crippen LogP contribution >= 0.6 is 0 Å². The van der Waals surface area contributed by atoms with Gasteiger partial charge in [0.05, 0.1) is 5.41 Å². The minimum absolute atomic E-state index is 0.416. The topological polar surface area (TPSA) is 50.2 Å². The molecule has 0 aliphatic carbocycles. The summed E-state index contributed by atoms with van der Waals surface area (Å²) in [6.45, 7) is 5.20. The van der Waals surface area contributed by atoms with Crippen LogP contribution in [0, 0.1) is 5.41 Å². The Kier molecular flexibility index (Phi) is 3.02. The van der Waals surface area contributed by atoms with Crippen LogP contribution in [-0.4, -0.2) is 16.1 Å². The summed E-state index contributed by atoms with van der Waals surface area (Å²) in [7, 11) is 0. The molecule has 0 aromatic carbocycles. The molecule has 1 unspecified atom stereocenters. The second-order valence-electron chi connectivity index (χ2n) is 3.46. The second-order valence-corrected chi connectivity index (χ2v) is 3.46. The first-order valence-electron chi connectivity index (χ1n) is 4.34. The summed E-state index contributed by atoms with van der Waals surface area (Å²) in [5.74, 6) is -0.864. The lowest BCUT2D eigenvalue weighted by Gasteiger charge is -2.19. The van der Waals surface area contributed by atoms with Gasteiger partial charge in [0.1, 0.15) is 0 Å². The van der Waals surface area contributed by atoms with E-state index >= 15 is 0 Å². The number of carboxylic acid groups (broad SMARTS) is 1. The average molecular weight is 191 g/mol. The smallest absolute Gasteiger partial charge is 0.313 e. The van der Waals surface area contributed by atoms with Crippen molar-refractivity contribution < 1.29 is 9.90 Å². The SMILES string of the molecule is C=CC(C)(Cc1cccnc1)C(=O)O. The van der Waals surface area contributed by atoms with Gasteiger partial charge in [-0.3, -0.25) is 9.78 Å². The zero-order valence-electron chi connectivity index (χ0n) is 8.10. The first-order valence-corrected chi connectivity index (χ1v) is 4.34. The van der Waals surface area contributed by atoms with E-state index in [-0.39, 0.29) is 0 Å². The van der Waals surface area contributed by atoms with Crippen LogP contribution in [-0.2, 0) is 11.2 Å². The fourth-order valence-corrected chi connectivity index (χ4v) is 1.16. The van der Waals surface area contributed by atoms with Gasteiger partial charge in [0, 0.05) is 12.4 Å². The fraction of sp³-hybridized carbons (Fsp3) is 0.273. The second kappa shape index (κ2) is 4.05. The van der Waals surface area contributed by atoms with E-state index in [9.17, 15) is 4.79 Å². The molecule has 0 fully saturated rings. The molecule has 14 heavy (non-hydrogen) atoms. The van der Waals surface area contributed by atoms with Crippen LogP contribution in [0.4, 0.5) is 0 Å². The lowest BCUT2D eigenvalue weighted by Crippen LogP contribution is -2.27. The molecule has 0 aliphatic rings. The maximum absolute atomic E-state index is 11.0. The third-order valence-corrected chi connectivity index (χ3v) is 2.23. The van der Waals surface area contributed by atoms with Gasteiger partial charge in [-0.15, -0.1) is 6.58 Å². The van der Waals surface area contributed by atoms with Crippen molar-refractivity contribution in [3.63, 3.8) is 0 Å². The predicted octanol–water partition coefficient (Wildman–Crippen LogP) is 1.90. The maximum Gasteiger partial charge on any atom is 0.313 e. The van der Waals surface area contributed by atoms with Crippen molar-refractivity contribution in [2.45, 2.75) is 13.3 Å². The molecule has 1 rings (SSSR count). The summed E-state index contributed by atoms with van der Waals surface area (Å²) in [5.41, 5.74) is -0.0134. The van der Waals surface area contributed by atoms with Gasteiger partial charge in [-0.2, -0.15) is 0 Å². The van der Waals surface area contributed by atoms with Gasteiger partial charge in [-0.25, -0.2) is 0 Å². The van der Waals surface area contributed by atoms with E-state index in [1.54, 1.807) is 25.4 Å². The molecule has 1 heterocycles. The van der Waals surface area contributed by atoms with Crippen LogP contribution in [0.25, 0.3) is 0 Å². The monoisotopic (exact) mass is 191 g/mol. The van der Waals surface area contributed by atoms with E-state index in [0.29, 0.717) is 6.42 Å². The highest BCUT2D eigenvalue weighted by molar-refractivity contribution is 5.76. The normalized spacial score (nSPS) is 14.4.